The molecule has 0 saturated carbocycles. The molecule has 0 bridgehead atoms. The molecule has 0 aliphatic carbocycles. The first kappa shape index (κ1) is 18.1. The standard InChI is InChI=1S/C17H26O5/c1-4-7-10-21-14-11-15(22-17(19)20)16(18)13(9-6-3)12(14)8-5-2/h11,18H,4-10H2,1-3H3,(H,19,20). The van der Waals surface area contributed by atoms with Crippen LogP contribution in [0.3, 0.4) is 0 Å². The lowest BCUT2D eigenvalue weighted by Gasteiger charge is -2.18. The van der Waals surface area contributed by atoms with Gasteiger partial charge in [0.25, 0.3) is 0 Å². The van der Waals surface area contributed by atoms with Crippen molar-refractivity contribution < 1.29 is 24.5 Å². The van der Waals surface area contributed by atoms with Gasteiger partial charge >= 0.3 is 6.16 Å². The van der Waals surface area contributed by atoms with Crippen molar-refractivity contribution in [1.29, 1.82) is 0 Å². The first-order valence-corrected chi connectivity index (χ1v) is 7.96. The maximum Gasteiger partial charge on any atom is 0.511 e. The molecule has 0 spiro atoms. The van der Waals surface area contributed by atoms with E-state index in [1.54, 1.807) is 0 Å². The average molecular weight is 310 g/mol. The second kappa shape index (κ2) is 9.18. The van der Waals surface area contributed by atoms with Gasteiger partial charge in [-0.2, -0.15) is 0 Å². The number of carboxylic acid groups (broad SMARTS) is 1. The first-order valence-electron chi connectivity index (χ1n) is 7.96. The van der Waals surface area contributed by atoms with E-state index in [0.717, 1.165) is 43.2 Å². The maximum absolute atomic E-state index is 10.8. The zero-order chi connectivity index (χ0) is 16.5. The molecule has 124 valence electrons. The van der Waals surface area contributed by atoms with Gasteiger partial charge in [0.2, 0.25) is 0 Å². The molecule has 0 aliphatic heterocycles. The number of carbonyl (C=O) groups is 1. The first-order chi connectivity index (χ1) is 10.5. The highest BCUT2D eigenvalue weighted by Crippen LogP contribution is 2.40. The van der Waals surface area contributed by atoms with Crippen molar-refractivity contribution in [2.45, 2.75) is 59.3 Å². The van der Waals surface area contributed by atoms with E-state index in [1.807, 2.05) is 6.92 Å². The van der Waals surface area contributed by atoms with Crippen molar-refractivity contribution in [2.75, 3.05) is 6.61 Å². The van der Waals surface area contributed by atoms with E-state index in [1.165, 1.54) is 6.07 Å². The topological polar surface area (TPSA) is 76.0 Å². The minimum absolute atomic E-state index is 0.0534. The van der Waals surface area contributed by atoms with Gasteiger partial charge in [0.05, 0.1) is 6.61 Å². The number of rotatable bonds is 9. The number of unbranched alkanes of at least 4 members (excludes halogenated alkanes) is 1. The zero-order valence-corrected chi connectivity index (χ0v) is 13.6. The molecule has 22 heavy (non-hydrogen) atoms. The van der Waals surface area contributed by atoms with Gasteiger partial charge in [0, 0.05) is 17.2 Å². The summed E-state index contributed by atoms with van der Waals surface area (Å²) in [6.45, 7) is 6.71. The quantitative estimate of drug-likeness (QED) is 0.398. The Morgan fingerprint density at radius 1 is 1.05 bits per heavy atom. The van der Waals surface area contributed by atoms with Crippen LogP contribution in [0.15, 0.2) is 6.07 Å². The van der Waals surface area contributed by atoms with Crippen molar-refractivity contribution in [1.82, 2.24) is 0 Å². The summed E-state index contributed by atoms with van der Waals surface area (Å²) in [4.78, 5) is 10.8. The minimum atomic E-state index is -1.44. The van der Waals surface area contributed by atoms with E-state index >= 15 is 0 Å². The summed E-state index contributed by atoms with van der Waals surface area (Å²) in [6.07, 6.45) is 3.68. The molecule has 0 atom stereocenters. The molecule has 1 rings (SSSR count). The second-order valence-corrected chi connectivity index (χ2v) is 5.25. The fourth-order valence-electron chi connectivity index (χ4n) is 2.39. The molecule has 0 unspecified atom stereocenters. The fourth-order valence-corrected chi connectivity index (χ4v) is 2.39. The fraction of sp³-hybridized carbons (Fsp3) is 0.588. The van der Waals surface area contributed by atoms with Crippen LogP contribution < -0.4 is 9.47 Å². The maximum atomic E-state index is 10.8. The summed E-state index contributed by atoms with van der Waals surface area (Å²) in [5, 5.41) is 19.1. The van der Waals surface area contributed by atoms with Crippen molar-refractivity contribution in [3.63, 3.8) is 0 Å². The van der Waals surface area contributed by atoms with Crippen LogP contribution in [0.5, 0.6) is 17.2 Å². The molecular weight excluding hydrogens is 284 g/mol. The molecule has 1 aromatic carbocycles. The highest BCUT2D eigenvalue weighted by atomic mass is 16.7. The van der Waals surface area contributed by atoms with Crippen LogP contribution in [0.25, 0.3) is 0 Å². The Morgan fingerprint density at radius 2 is 1.68 bits per heavy atom. The number of phenols is 1. The predicted molar refractivity (Wildman–Crippen MR) is 85.2 cm³/mol. The van der Waals surface area contributed by atoms with E-state index in [0.29, 0.717) is 18.8 Å². The Labute approximate surface area is 131 Å². The smallest absolute Gasteiger partial charge is 0.504 e. The van der Waals surface area contributed by atoms with Crippen molar-refractivity contribution >= 4 is 6.16 Å². The van der Waals surface area contributed by atoms with Crippen LogP contribution in [0.1, 0.15) is 57.6 Å². The van der Waals surface area contributed by atoms with Gasteiger partial charge in [-0.05, 0) is 19.3 Å². The van der Waals surface area contributed by atoms with Crippen LogP contribution in [0, 0.1) is 0 Å². The van der Waals surface area contributed by atoms with Gasteiger partial charge < -0.3 is 19.7 Å². The molecule has 2 N–H and O–H groups in total. The number of hydrogen-bond acceptors (Lipinski definition) is 4. The van der Waals surface area contributed by atoms with E-state index in [4.69, 9.17) is 14.6 Å². The average Bonchev–Trinajstić information content (AvgIpc) is 2.47. The third-order valence-electron chi connectivity index (χ3n) is 3.40. The van der Waals surface area contributed by atoms with E-state index in [9.17, 15) is 9.90 Å². The van der Waals surface area contributed by atoms with Gasteiger partial charge in [0.1, 0.15) is 5.75 Å². The van der Waals surface area contributed by atoms with Gasteiger partial charge in [-0.15, -0.1) is 0 Å². The van der Waals surface area contributed by atoms with E-state index in [2.05, 4.69) is 13.8 Å². The largest absolute Gasteiger partial charge is 0.511 e. The molecule has 0 saturated heterocycles. The SMILES string of the molecule is CCCCOc1cc(OC(=O)O)c(O)c(CCC)c1CCC. The van der Waals surface area contributed by atoms with Gasteiger partial charge in [-0.25, -0.2) is 4.79 Å². The molecule has 0 fully saturated rings. The summed E-state index contributed by atoms with van der Waals surface area (Å²) in [5.74, 6) is 0.477. The minimum Gasteiger partial charge on any atom is -0.504 e. The molecule has 0 heterocycles. The lowest BCUT2D eigenvalue weighted by atomic mass is 9.96. The number of phenolic OH excluding ortho intramolecular Hbond substituents is 1. The molecule has 0 radical (unpaired) electrons. The molecular formula is C17H26O5. The zero-order valence-electron chi connectivity index (χ0n) is 13.6. The Kier molecular flexibility index (Phi) is 7.57. The Morgan fingerprint density at radius 3 is 2.23 bits per heavy atom. The normalized spacial score (nSPS) is 10.5. The lowest BCUT2D eigenvalue weighted by Crippen LogP contribution is -2.08. The summed E-state index contributed by atoms with van der Waals surface area (Å²) in [6, 6.07) is 1.49. The van der Waals surface area contributed by atoms with Crippen LogP contribution in [0.4, 0.5) is 4.79 Å². The summed E-state index contributed by atoms with van der Waals surface area (Å²) in [5.41, 5.74) is 1.69. The molecule has 5 heteroatoms. The van der Waals surface area contributed by atoms with Crippen LogP contribution in [-0.4, -0.2) is 23.0 Å². The van der Waals surface area contributed by atoms with Crippen LogP contribution >= 0.6 is 0 Å². The Bertz CT molecular complexity index is 496. The molecule has 0 aromatic heterocycles. The lowest BCUT2D eigenvalue weighted by molar-refractivity contribution is 0.142. The van der Waals surface area contributed by atoms with Crippen molar-refractivity contribution in [3.05, 3.63) is 17.2 Å². The van der Waals surface area contributed by atoms with Crippen molar-refractivity contribution in [2.24, 2.45) is 0 Å². The Hall–Kier alpha value is -1.91. The van der Waals surface area contributed by atoms with Gasteiger partial charge in [0.15, 0.2) is 11.5 Å². The monoisotopic (exact) mass is 310 g/mol. The summed E-state index contributed by atoms with van der Waals surface area (Å²) >= 11 is 0. The third kappa shape index (κ3) is 4.83. The molecule has 5 nitrogen and oxygen atoms in total. The number of ether oxygens (including phenoxy) is 2. The van der Waals surface area contributed by atoms with Crippen LogP contribution in [-0.2, 0) is 12.8 Å². The summed E-state index contributed by atoms with van der Waals surface area (Å²) < 4.78 is 10.5. The summed E-state index contributed by atoms with van der Waals surface area (Å²) in [7, 11) is 0. The predicted octanol–water partition coefficient (Wildman–Crippen LogP) is 4.53. The molecule has 0 amide bonds. The number of hydrogen-bond donors (Lipinski definition) is 2. The van der Waals surface area contributed by atoms with Gasteiger partial charge in [-0.1, -0.05) is 40.0 Å². The highest BCUT2D eigenvalue weighted by Gasteiger charge is 2.20. The number of aromatic hydroxyl groups is 1. The highest BCUT2D eigenvalue weighted by molar-refractivity contribution is 5.66. The van der Waals surface area contributed by atoms with E-state index < -0.39 is 6.16 Å². The number of benzene rings is 1. The van der Waals surface area contributed by atoms with Gasteiger partial charge in [-0.3, -0.25) is 0 Å². The van der Waals surface area contributed by atoms with E-state index in [-0.39, 0.29) is 11.5 Å². The van der Waals surface area contributed by atoms with Crippen LogP contribution in [0.2, 0.25) is 0 Å². The molecule has 0 aliphatic rings. The Balaban J connectivity index is 3.28. The molecule has 1 aromatic rings. The third-order valence-corrected chi connectivity index (χ3v) is 3.40. The van der Waals surface area contributed by atoms with Crippen molar-refractivity contribution in [3.8, 4) is 17.2 Å². The second-order valence-electron chi connectivity index (χ2n) is 5.25.